The Morgan fingerprint density at radius 2 is 1.24 bits per heavy atom. The van der Waals surface area contributed by atoms with Gasteiger partial charge < -0.3 is 14.6 Å². The molecule has 0 aliphatic carbocycles. The second kappa shape index (κ2) is 11.2. The minimum Gasteiger partial charge on any atom is -0.494 e. The monoisotopic (exact) mass is 338 g/mol. The molecule has 0 aromatic heterocycles. The van der Waals surface area contributed by atoms with Crippen molar-refractivity contribution < 1.29 is 14.6 Å². The number of rotatable bonds is 9. The van der Waals surface area contributed by atoms with E-state index in [-0.39, 0.29) is 6.61 Å². The van der Waals surface area contributed by atoms with E-state index in [0.29, 0.717) is 6.61 Å². The molecule has 0 atom stereocenters. The number of hydrogen-bond donors (Lipinski definition) is 1. The molecule has 2 aromatic carbocycles. The van der Waals surface area contributed by atoms with Gasteiger partial charge >= 0.3 is 0 Å². The van der Waals surface area contributed by atoms with Crippen LogP contribution in [0.5, 0.6) is 11.5 Å². The van der Waals surface area contributed by atoms with E-state index in [0.717, 1.165) is 35.7 Å². The van der Waals surface area contributed by atoms with E-state index >= 15 is 0 Å². The summed E-state index contributed by atoms with van der Waals surface area (Å²) in [5, 5.41) is 8.74. The van der Waals surface area contributed by atoms with Crippen LogP contribution in [0.2, 0.25) is 0 Å². The summed E-state index contributed by atoms with van der Waals surface area (Å²) in [5.74, 6) is 7.91. The first-order chi connectivity index (χ1) is 12.3. The van der Waals surface area contributed by atoms with Gasteiger partial charge in [0.2, 0.25) is 0 Å². The van der Waals surface area contributed by atoms with Gasteiger partial charge in [-0.2, -0.15) is 0 Å². The van der Waals surface area contributed by atoms with Crippen LogP contribution in [0.3, 0.4) is 0 Å². The lowest BCUT2D eigenvalue weighted by molar-refractivity contribution is 0.201. The highest BCUT2D eigenvalue weighted by atomic mass is 16.5. The molecule has 3 heteroatoms. The standard InChI is InChI=1S/C22H26O3/c1-2-3-4-5-17-24-21-12-8-19(9-13-21)6-7-20-10-14-22(15-11-20)25-18-16-23/h8-15,23H,2-5,16-18H2,1H3. The van der Waals surface area contributed by atoms with Crippen LogP contribution in [0.1, 0.15) is 43.7 Å². The quantitative estimate of drug-likeness (QED) is 0.543. The first kappa shape index (κ1) is 18.9. The van der Waals surface area contributed by atoms with Crippen LogP contribution < -0.4 is 9.47 Å². The third-order valence-electron chi connectivity index (χ3n) is 3.69. The summed E-state index contributed by atoms with van der Waals surface area (Å²) < 4.78 is 11.1. The molecule has 25 heavy (non-hydrogen) atoms. The van der Waals surface area contributed by atoms with Crippen LogP contribution in [0, 0.1) is 11.8 Å². The molecular formula is C22H26O3. The highest BCUT2D eigenvalue weighted by molar-refractivity contribution is 5.45. The predicted molar refractivity (Wildman–Crippen MR) is 101 cm³/mol. The molecule has 0 fully saturated rings. The minimum atomic E-state index is 0.0139. The van der Waals surface area contributed by atoms with Crippen LogP contribution in [-0.4, -0.2) is 24.9 Å². The van der Waals surface area contributed by atoms with E-state index in [2.05, 4.69) is 18.8 Å². The molecule has 0 aliphatic heterocycles. The smallest absolute Gasteiger partial charge is 0.119 e. The van der Waals surface area contributed by atoms with Gasteiger partial charge in [-0.15, -0.1) is 0 Å². The molecule has 0 unspecified atom stereocenters. The first-order valence-electron chi connectivity index (χ1n) is 8.90. The lowest BCUT2D eigenvalue weighted by Gasteiger charge is -2.05. The van der Waals surface area contributed by atoms with Crippen molar-refractivity contribution >= 4 is 0 Å². The van der Waals surface area contributed by atoms with Gasteiger partial charge in [0.15, 0.2) is 0 Å². The lowest BCUT2D eigenvalue weighted by atomic mass is 10.1. The van der Waals surface area contributed by atoms with Gasteiger partial charge in [-0.25, -0.2) is 0 Å². The van der Waals surface area contributed by atoms with Gasteiger partial charge in [-0.05, 0) is 55.0 Å². The van der Waals surface area contributed by atoms with Gasteiger partial charge in [-0.3, -0.25) is 0 Å². The third kappa shape index (κ3) is 7.32. The molecule has 3 nitrogen and oxygen atoms in total. The van der Waals surface area contributed by atoms with E-state index in [4.69, 9.17) is 14.6 Å². The zero-order chi connectivity index (χ0) is 17.7. The van der Waals surface area contributed by atoms with Crippen LogP contribution in [0.25, 0.3) is 0 Å². The number of benzene rings is 2. The predicted octanol–water partition coefficient (Wildman–Crippen LogP) is 4.42. The molecule has 0 radical (unpaired) electrons. The van der Waals surface area contributed by atoms with Gasteiger partial charge in [-0.1, -0.05) is 38.0 Å². The maximum Gasteiger partial charge on any atom is 0.119 e. The van der Waals surface area contributed by atoms with Gasteiger partial charge in [0, 0.05) is 11.1 Å². The second-order valence-electron chi connectivity index (χ2n) is 5.78. The number of ether oxygens (including phenoxy) is 2. The Bertz CT molecular complexity index is 663. The Hall–Kier alpha value is -2.44. The van der Waals surface area contributed by atoms with Crippen molar-refractivity contribution in [2.24, 2.45) is 0 Å². The largest absolute Gasteiger partial charge is 0.494 e. The number of hydrogen-bond acceptors (Lipinski definition) is 3. The normalized spacial score (nSPS) is 10.0. The molecule has 132 valence electrons. The molecule has 0 heterocycles. The van der Waals surface area contributed by atoms with E-state index in [1.807, 2.05) is 48.5 Å². The number of aliphatic hydroxyl groups excluding tert-OH is 1. The molecule has 0 spiro atoms. The van der Waals surface area contributed by atoms with Crippen LogP contribution in [-0.2, 0) is 0 Å². The average molecular weight is 338 g/mol. The summed E-state index contributed by atoms with van der Waals surface area (Å²) >= 11 is 0. The Morgan fingerprint density at radius 1 is 0.720 bits per heavy atom. The van der Waals surface area contributed by atoms with Crippen molar-refractivity contribution in [1.29, 1.82) is 0 Å². The van der Waals surface area contributed by atoms with Crippen molar-refractivity contribution in [1.82, 2.24) is 0 Å². The van der Waals surface area contributed by atoms with Crippen LogP contribution in [0.15, 0.2) is 48.5 Å². The Morgan fingerprint density at radius 3 is 1.72 bits per heavy atom. The zero-order valence-corrected chi connectivity index (χ0v) is 14.8. The minimum absolute atomic E-state index is 0.0139. The maximum atomic E-state index is 8.74. The SMILES string of the molecule is CCCCCCOc1ccc(C#Cc2ccc(OCCO)cc2)cc1. The molecule has 1 N–H and O–H groups in total. The summed E-state index contributed by atoms with van der Waals surface area (Å²) in [4.78, 5) is 0. The molecule has 0 bridgehead atoms. The second-order valence-corrected chi connectivity index (χ2v) is 5.78. The van der Waals surface area contributed by atoms with Crippen molar-refractivity contribution in [2.45, 2.75) is 32.6 Å². The summed E-state index contributed by atoms with van der Waals surface area (Å²) in [5.41, 5.74) is 1.88. The van der Waals surface area contributed by atoms with Gasteiger partial charge in [0.1, 0.15) is 18.1 Å². The molecule has 0 aliphatic rings. The van der Waals surface area contributed by atoms with E-state index < -0.39 is 0 Å². The van der Waals surface area contributed by atoms with E-state index in [1.54, 1.807) is 0 Å². The van der Waals surface area contributed by atoms with Crippen LogP contribution in [0.4, 0.5) is 0 Å². The number of aliphatic hydroxyl groups is 1. The molecule has 0 saturated carbocycles. The van der Waals surface area contributed by atoms with Crippen molar-refractivity contribution in [2.75, 3.05) is 19.8 Å². The van der Waals surface area contributed by atoms with Crippen molar-refractivity contribution in [3.63, 3.8) is 0 Å². The first-order valence-corrected chi connectivity index (χ1v) is 8.90. The molecule has 2 rings (SSSR count). The molecule has 2 aromatic rings. The van der Waals surface area contributed by atoms with Crippen molar-refractivity contribution in [3.05, 3.63) is 59.7 Å². The summed E-state index contributed by atoms with van der Waals surface area (Å²) in [6.45, 7) is 3.30. The summed E-state index contributed by atoms with van der Waals surface area (Å²) in [6, 6.07) is 15.4. The summed E-state index contributed by atoms with van der Waals surface area (Å²) in [7, 11) is 0. The topological polar surface area (TPSA) is 38.7 Å². The third-order valence-corrected chi connectivity index (χ3v) is 3.69. The fraction of sp³-hybridized carbons (Fsp3) is 0.364. The summed E-state index contributed by atoms with van der Waals surface area (Å²) in [6.07, 6.45) is 4.84. The fourth-order valence-electron chi connectivity index (χ4n) is 2.30. The zero-order valence-electron chi connectivity index (χ0n) is 14.8. The number of unbranched alkanes of at least 4 members (excludes halogenated alkanes) is 3. The van der Waals surface area contributed by atoms with Gasteiger partial charge in [0.25, 0.3) is 0 Å². The lowest BCUT2D eigenvalue weighted by Crippen LogP contribution is -2.01. The average Bonchev–Trinajstić information content (AvgIpc) is 2.66. The highest BCUT2D eigenvalue weighted by Crippen LogP contribution is 2.14. The Kier molecular flexibility index (Phi) is 8.44. The fourth-order valence-corrected chi connectivity index (χ4v) is 2.30. The van der Waals surface area contributed by atoms with E-state index in [9.17, 15) is 0 Å². The van der Waals surface area contributed by atoms with Gasteiger partial charge in [0.05, 0.1) is 13.2 Å². The van der Waals surface area contributed by atoms with Crippen molar-refractivity contribution in [3.8, 4) is 23.3 Å². The van der Waals surface area contributed by atoms with Crippen LogP contribution >= 0.6 is 0 Å². The Balaban J connectivity index is 1.83. The molecule has 0 amide bonds. The molecular weight excluding hydrogens is 312 g/mol. The Labute approximate surface area is 150 Å². The maximum absolute atomic E-state index is 8.74. The van der Waals surface area contributed by atoms with E-state index in [1.165, 1.54) is 19.3 Å². The molecule has 0 saturated heterocycles. The highest BCUT2D eigenvalue weighted by Gasteiger charge is 1.95.